The molecule has 1 aliphatic carbocycles. The minimum atomic E-state index is -0.635. The van der Waals surface area contributed by atoms with Crippen LogP contribution >= 0.6 is 11.8 Å². The molecule has 1 amide bonds. The third kappa shape index (κ3) is 3.60. The maximum absolute atomic E-state index is 15.0. The van der Waals surface area contributed by atoms with Gasteiger partial charge < -0.3 is 9.64 Å². The Labute approximate surface area is 172 Å². The molecule has 3 heterocycles. The quantitative estimate of drug-likeness (QED) is 0.690. The summed E-state index contributed by atoms with van der Waals surface area (Å²) >= 11 is 1.84. The molecular weight excluding hydrogens is 398 g/mol. The Morgan fingerprint density at radius 3 is 2.38 bits per heavy atom. The van der Waals surface area contributed by atoms with Gasteiger partial charge in [-0.25, -0.2) is 13.6 Å². The number of cyclic esters (lactones) is 1. The van der Waals surface area contributed by atoms with Crippen molar-refractivity contribution in [3.8, 4) is 0 Å². The number of amides is 1. The Morgan fingerprint density at radius 1 is 1.10 bits per heavy atom. The molecule has 4 aliphatic rings. The number of halogens is 2. The molecule has 156 valence electrons. The molecule has 5 rings (SSSR count). The number of Topliss-reactive ketones (excluding diaryl/α,β-unsaturated/α-hetero) is 1. The molecule has 3 saturated heterocycles. The molecule has 1 aromatic rings. The highest BCUT2D eigenvalue weighted by Crippen LogP contribution is 2.41. The first-order chi connectivity index (χ1) is 14.0. The molecule has 5 nitrogen and oxygen atoms in total. The van der Waals surface area contributed by atoms with Crippen molar-refractivity contribution in [2.24, 2.45) is 5.92 Å². The van der Waals surface area contributed by atoms with E-state index in [9.17, 15) is 18.4 Å². The molecule has 4 fully saturated rings. The Balaban J connectivity index is 1.31. The summed E-state index contributed by atoms with van der Waals surface area (Å²) in [5.74, 6) is 0.902. The zero-order valence-corrected chi connectivity index (χ0v) is 16.9. The second-order valence-corrected chi connectivity index (χ2v) is 9.56. The number of carbonyl (C=O) groups is 2. The normalized spacial score (nSPS) is 28.8. The van der Waals surface area contributed by atoms with E-state index >= 15 is 0 Å². The van der Waals surface area contributed by atoms with Gasteiger partial charge in [0.25, 0.3) is 0 Å². The van der Waals surface area contributed by atoms with Crippen LogP contribution in [0.15, 0.2) is 12.1 Å². The van der Waals surface area contributed by atoms with Crippen LogP contribution in [-0.2, 0) is 9.53 Å². The summed E-state index contributed by atoms with van der Waals surface area (Å²) in [6, 6.07) is 2.80. The van der Waals surface area contributed by atoms with Gasteiger partial charge in [0.2, 0.25) is 0 Å². The number of benzene rings is 1. The highest BCUT2D eigenvalue weighted by Gasteiger charge is 2.40. The fourth-order valence-electron chi connectivity index (χ4n) is 4.74. The van der Waals surface area contributed by atoms with Crippen molar-refractivity contribution in [1.82, 2.24) is 0 Å². The van der Waals surface area contributed by atoms with Gasteiger partial charge in [0.15, 0.2) is 11.6 Å². The van der Waals surface area contributed by atoms with E-state index in [0.717, 1.165) is 37.2 Å². The average Bonchev–Trinajstić information content (AvgIpc) is 3.43. The number of hydrogen-bond acceptors (Lipinski definition) is 5. The van der Waals surface area contributed by atoms with Crippen molar-refractivity contribution in [3.63, 3.8) is 0 Å². The largest absolute Gasteiger partial charge is 0.444 e. The lowest BCUT2D eigenvalue weighted by atomic mass is 10.1. The number of rotatable bonds is 6. The van der Waals surface area contributed by atoms with E-state index in [1.165, 1.54) is 17.0 Å². The zero-order valence-electron chi connectivity index (χ0n) is 16.1. The van der Waals surface area contributed by atoms with Gasteiger partial charge in [-0.3, -0.25) is 9.69 Å². The van der Waals surface area contributed by atoms with Crippen molar-refractivity contribution in [3.05, 3.63) is 23.8 Å². The molecule has 0 spiro atoms. The Bertz CT molecular complexity index is 808. The minimum Gasteiger partial charge on any atom is -0.444 e. The van der Waals surface area contributed by atoms with Gasteiger partial charge in [0.05, 0.1) is 12.2 Å². The number of ketones is 1. The summed E-state index contributed by atoms with van der Waals surface area (Å²) in [6.45, 7) is 0.209. The summed E-state index contributed by atoms with van der Waals surface area (Å²) in [6.07, 6.45) is 3.62. The minimum absolute atomic E-state index is 0.0284. The number of hydrogen-bond donors (Lipinski definition) is 0. The number of carbonyl (C=O) groups excluding carboxylic acids is 2. The van der Waals surface area contributed by atoms with Crippen molar-refractivity contribution < 1.29 is 23.1 Å². The van der Waals surface area contributed by atoms with Crippen LogP contribution < -0.4 is 9.80 Å². The van der Waals surface area contributed by atoms with E-state index < -0.39 is 23.8 Å². The Hall–Kier alpha value is -1.83. The fraction of sp³-hybridized carbons (Fsp3) is 0.619. The summed E-state index contributed by atoms with van der Waals surface area (Å²) in [5, 5.41) is 0. The lowest BCUT2D eigenvalue weighted by Gasteiger charge is -2.37. The second kappa shape index (κ2) is 7.45. The topological polar surface area (TPSA) is 49.9 Å². The summed E-state index contributed by atoms with van der Waals surface area (Å²) in [5.41, 5.74) is 0.198. The second-order valence-electron chi connectivity index (χ2n) is 8.48. The Morgan fingerprint density at radius 2 is 1.76 bits per heavy atom. The summed E-state index contributed by atoms with van der Waals surface area (Å²) in [7, 11) is 0. The molecule has 1 aromatic carbocycles. The fourth-order valence-corrected chi connectivity index (χ4v) is 6.08. The summed E-state index contributed by atoms with van der Waals surface area (Å²) in [4.78, 5) is 27.3. The maximum atomic E-state index is 15.0. The van der Waals surface area contributed by atoms with E-state index in [1.807, 2.05) is 16.7 Å². The monoisotopic (exact) mass is 422 g/mol. The smallest absolute Gasteiger partial charge is 0.414 e. The number of thioether (sulfide) groups is 1. The van der Waals surface area contributed by atoms with Crippen LogP contribution in [0.25, 0.3) is 0 Å². The van der Waals surface area contributed by atoms with Gasteiger partial charge in [-0.1, -0.05) is 0 Å². The lowest BCUT2D eigenvalue weighted by molar-refractivity contribution is -0.120. The van der Waals surface area contributed by atoms with Crippen LogP contribution in [0.4, 0.5) is 25.0 Å². The predicted molar refractivity (Wildman–Crippen MR) is 108 cm³/mol. The van der Waals surface area contributed by atoms with E-state index in [2.05, 4.69) is 0 Å². The van der Waals surface area contributed by atoms with Crippen LogP contribution in [0.1, 0.15) is 38.5 Å². The number of nitrogens with zero attached hydrogens (tertiary/aromatic N) is 2. The first kappa shape index (κ1) is 19.2. The van der Waals surface area contributed by atoms with Gasteiger partial charge in [0.1, 0.15) is 17.6 Å². The molecule has 3 atom stereocenters. The average molecular weight is 422 g/mol. The molecule has 0 N–H and O–H groups in total. The van der Waals surface area contributed by atoms with Gasteiger partial charge in [0, 0.05) is 48.1 Å². The van der Waals surface area contributed by atoms with E-state index in [4.69, 9.17) is 4.74 Å². The predicted octanol–water partition coefficient (Wildman–Crippen LogP) is 4.13. The summed E-state index contributed by atoms with van der Waals surface area (Å²) < 4.78 is 35.3. The Kier molecular flexibility index (Phi) is 4.92. The van der Waals surface area contributed by atoms with Crippen LogP contribution in [0.2, 0.25) is 0 Å². The van der Waals surface area contributed by atoms with Gasteiger partial charge in [-0.2, -0.15) is 11.8 Å². The van der Waals surface area contributed by atoms with Gasteiger partial charge >= 0.3 is 6.09 Å². The van der Waals surface area contributed by atoms with Crippen LogP contribution in [-0.4, -0.2) is 48.1 Å². The third-order valence-corrected chi connectivity index (χ3v) is 7.67. The SMILES string of the molecule is O=C(CC[C@H]1CN(c2cc(F)c(N3C4CCC3CSC4)c(F)c2)C(=O)O1)C1CC1. The third-order valence-electron chi connectivity index (χ3n) is 6.43. The van der Waals surface area contributed by atoms with E-state index in [-0.39, 0.29) is 41.7 Å². The molecule has 29 heavy (non-hydrogen) atoms. The van der Waals surface area contributed by atoms with Gasteiger partial charge in [-0.05, 0) is 32.1 Å². The molecule has 8 heteroatoms. The lowest BCUT2D eigenvalue weighted by Crippen LogP contribution is -2.43. The molecular formula is C21H24F2N2O3S. The number of fused-ring (bicyclic) bond motifs is 2. The highest BCUT2D eigenvalue weighted by molar-refractivity contribution is 7.99. The van der Waals surface area contributed by atoms with E-state index in [0.29, 0.717) is 12.8 Å². The van der Waals surface area contributed by atoms with Crippen LogP contribution in [0, 0.1) is 17.6 Å². The molecule has 2 unspecified atom stereocenters. The first-order valence-corrected chi connectivity index (χ1v) is 11.5. The standard InChI is InChI=1S/C21H24F2N2O3S/c22-17-7-15(8-18(23)20(17)25-13-3-4-14(25)11-29-10-13)24-9-16(28-21(24)27)5-6-19(26)12-1-2-12/h7-8,12-14,16H,1-6,9-11H2/t13?,14?,16-/m0/s1. The van der Waals surface area contributed by atoms with E-state index in [1.54, 1.807) is 0 Å². The van der Waals surface area contributed by atoms with Gasteiger partial charge in [-0.15, -0.1) is 0 Å². The highest BCUT2D eigenvalue weighted by atomic mass is 32.2. The number of ether oxygens (including phenoxy) is 1. The van der Waals surface area contributed by atoms with Crippen molar-refractivity contribution in [1.29, 1.82) is 0 Å². The van der Waals surface area contributed by atoms with Crippen molar-refractivity contribution in [2.45, 2.75) is 56.7 Å². The molecule has 2 bridgehead atoms. The number of anilines is 2. The van der Waals surface area contributed by atoms with Crippen LogP contribution in [0.5, 0.6) is 0 Å². The van der Waals surface area contributed by atoms with Crippen molar-refractivity contribution in [2.75, 3.05) is 27.9 Å². The zero-order chi connectivity index (χ0) is 20.1. The molecule has 1 saturated carbocycles. The molecule has 3 aliphatic heterocycles. The molecule has 0 aromatic heterocycles. The van der Waals surface area contributed by atoms with Crippen LogP contribution in [0.3, 0.4) is 0 Å². The maximum Gasteiger partial charge on any atom is 0.414 e. The van der Waals surface area contributed by atoms with Crippen molar-refractivity contribution >= 4 is 35.0 Å². The molecule has 0 radical (unpaired) electrons. The first-order valence-electron chi connectivity index (χ1n) is 10.4.